The second-order valence-corrected chi connectivity index (χ2v) is 4.24. The molecule has 0 fully saturated rings. The molecule has 0 unspecified atom stereocenters. The molecule has 0 aliphatic carbocycles. The summed E-state index contributed by atoms with van der Waals surface area (Å²) < 4.78 is 5.86. The number of halogens is 1. The number of nitrogens with one attached hydrogen (secondary N) is 1. The monoisotopic (exact) mass is 315 g/mol. The summed E-state index contributed by atoms with van der Waals surface area (Å²) in [6.45, 7) is 5.15. The van der Waals surface area contributed by atoms with Gasteiger partial charge in [0.1, 0.15) is 11.9 Å². The number of pyridine rings is 1. The van der Waals surface area contributed by atoms with Crippen molar-refractivity contribution < 1.29 is 9.66 Å². The van der Waals surface area contributed by atoms with Crippen molar-refractivity contribution in [2.75, 3.05) is 25.1 Å². The van der Waals surface area contributed by atoms with Crippen molar-refractivity contribution in [3.05, 3.63) is 39.6 Å². The van der Waals surface area contributed by atoms with E-state index in [0.717, 1.165) is 6.42 Å². The molecule has 0 radical (unpaired) electrons. The molecule has 7 heteroatoms. The fourth-order valence-corrected chi connectivity index (χ4v) is 1.72. The van der Waals surface area contributed by atoms with Gasteiger partial charge in [0.2, 0.25) is 0 Å². The van der Waals surface area contributed by atoms with E-state index in [-0.39, 0.29) is 5.69 Å². The molecule has 18 heavy (non-hydrogen) atoms. The highest BCUT2D eigenvalue weighted by Crippen LogP contribution is 2.30. The van der Waals surface area contributed by atoms with Gasteiger partial charge < -0.3 is 10.1 Å². The van der Waals surface area contributed by atoms with Crippen molar-refractivity contribution in [2.24, 2.45) is 0 Å². The normalized spacial score (nSPS) is 10.1. The third kappa shape index (κ3) is 4.42. The molecule has 1 N–H and O–H groups in total. The molecular formula is C11H14BrN3O3. The Morgan fingerprint density at radius 3 is 3.00 bits per heavy atom. The Labute approximate surface area is 113 Å². The molecule has 1 aromatic heterocycles. The molecule has 0 aromatic carbocycles. The number of nitro groups is 1. The van der Waals surface area contributed by atoms with Gasteiger partial charge in [-0.2, -0.15) is 0 Å². The van der Waals surface area contributed by atoms with Crippen molar-refractivity contribution in [3.63, 3.8) is 0 Å². The molecule has 0 saturated carbocycles. The van der Waals surface area contributed by atoms with E-state index in [2.05, 4.69) is 32.8 Å². The lowest BCUT2D eigenvalue weighted by atomic mass is 10.3. The number of hydrogen-bond acceptors (Lipinski definition) is 5. The van der Waals surface area contributed by atoms with E-state index in [1.165, 1.54) is 12.4 Å². The van der Waals surface area contributed by atoms with Crippen LogP contribution in [0.4, 0.5) is 11.4 Å². The lowest BCUT2D eigenvalue weighted by Crippen LogP contribution is -2.11. The minimum atomic E-state index is -0.474. The third-order valence-electron chi connectivity index (χ3n) is 2.09. The molecule has 1 aromatic rings. The van der Waals surface area contributed by atoms with E-state index in [0.29, 0.717) is 29.9 Å². The first-order chi connectivity index (χ1) is 8.66. The number of anilines is 1. The van der Waals surface area contributed by atoms with Crippen LogP contribution in [0.5, 0.6) is 0 Å². The molecule has 6 nitrogen and oxygen atoms in total. The fourth-order valence-electron chi connectivity index (χ4n) is 1.26. The first kappa shape index (κ1) is 14.6. The smallest absolute Gasteiger partial charge is 0.311 e. The average Bonchev–Trinajstić information content (AvgIpc) is 2.34. The Bertz CT molecular complexity index is 426. The van der Waals surface area contributed by atoms with Gasteiger partial charge in [-0.1, -0.05) is 6.08 Å². The Kier molecular flexibility index (Phi) is 6.31. The van der Waals surface area contributed by atoms with Gasteiger partial charge in [0.25, 0.3) is 0 Å². The summed E-state index contributed by atoms with van der Waals surface area (Å²) in [7, 11) is 0. The molecule has 1 rings (SSSR count). The topological polar surface area (TPSA) is 77.3 Å². The van der Waals surface area contributed by atoms with Crippen LogP contribution < -0.4 is 5.32 Å². The van der Waals surface area contributed by atoms with E-state index < -0.39 is 4.92 Å². The van der Waals surface area contributed by atoms with Crippen molar-refractivity contribution in [2.45, 2.75) is 6.42 Å². The van der Waals surface area contributed by atoms with Crippen LogP contribution in [0.2, 0.25) is 0 Å². The maximum absolute atomic E-state index is 10.8. The van der Waals surface area contributed by atoms with Crippen LogP contribution in [0.1, 0.15) is 6.42 Å². The standard InChI is InChI=1S/C11H14BrN3O3/c1-2-3-5-18-6-4-14-11-9(12)7-13-8-10(11)15(16)17/h2,7-8H,1,3-6H2,(H,13,14). The molecule has 0 atom stereocenters. The zero-order chi connectivity index (χ0) is 13.4. The maximum Gasteiger partial charge on any atom is 0.311 e. The summed E-state index contributed by atoms with van der Waals surface area (Å²) in [6.07, 6.45) is 5.29. The Balaban J connectivity index is 2.51. The quantitative estimate of drug-likeness (QED) is 0.345. The van der Waals surface area contributed by atoms with E-state index in [1.807, 2.05) is 0 Å². The fraction of sp³-hybridized carbons (Fsp3) is 0.364. The number of nitrogens with zero attached hydrogens (tertiary/aromatic N) is 2. The van der Waals surface area contributed by atoms with Gasteiger partial charge in [0.15, 0.2) is 0 Å². The van der Waals surface area contributed by atoms with Gasteiger partial charge >= 0.3 is 5.69 Å². The van der Waals surface area contributed by atoms with Gasteiger partial charge in [-0.25, -0.2) is 0 Å². The SMILES string of the molecule is C=CCCOCCNc1c(Br)cncc1[N+](=O)[O-]. The largest absolute Gasteiger partial charge is 0.379 e. The highest BCUT2D eigenvalue weighted by molar-refractivity contribution is 9.10. The lowest BCUT2D eigenvalue weighted by Gasteiger charge is -2.08. The van der Waals surface area contributed by atoms with Crippen LogP contribution in [-0.2, 0) is 4.74 Å². The van der Waals surface area contributed by atoms with Crippen LogP contribution in [-0.4, -0.2) is 29.7 Å². The van der Waals surface area contributed by atoms with Crippen LogP contribution in [0.15, 0.2) is 29.5 Å². The van der Waals surface area contributed by atoms with E-state index in [9.17, 15) is 10.1 Å². The van der Waals surface area contributed by atoms with Crippen LogP contribution in [0.25, 0.3) is 0 Å². The molecular weight excluding hydrogens is 302 g/mol. The minimum absolute atomic E-state index is 0.0598. The first-order valence-electron chi connectivity index (χ1n) is 5.37. The zero-order valence-electron chi connectivity index (χ0n) is 9.76. The summed E-state index contributed by atoms with van der Waals surface area (Å²) in [5.74, 6) is 0. The maximum atomic E-state index is 10.8. The number of hydrogen-bond donors (Lipinski definition) is 1. The number of ether oxygens (including phenoxy) is 1. The molecule has 0 aliphatic rings. The second kappa shape index (κ2) is 7.78. The highest BCUT2D eigenvalue weighted by Gasteiger charge is 2.16. The molecule has 0 bridgehead atoms. The molecule has 1 heterocycles. The first-order valence-corrected chi connectivity index (χ1v) is 6.16. The van der Waals surface area contributed by atoms with E-state index in [1.54, 1.807) is 6.08 Å². The summed E-state index contributed by atoms with van der Waals surface area (Å²) in [5.41, 5.74) is 0.359. The molecule has 0 aliphatic heterocycles. The van der Waals surface area contributed by atoms with Gasteiger partial charge in [0.05, 0.1) is 22.6 Å². The van der Waals surface area contributed by atoms with Crippen molar-refractivity contribution in [1.82, 2.24) is 4.98 Å². The van der Waals surface area contributed by atoms with E-state index in [4.69, 9.17) is 4.74 Å². The van der Waals surface area contributed by atoms with Crippen molar-refractivity contribution in [3.8, 4) is 0 Å². The van der Waals surface area contributed by atoms with Gasteiger partial charge in [-0.15, -0.1) is 6.58 Å². The third-order valence-corrected chi connectivity index (χ3v) is 2.69. The van der Waals surface area contributed by atoms with Crippen LogP contribution in [0, 0.1) is 10.1 Å². The zero-order valence-corrected chi connectivity index (χ0v) is 11.4. The summed E-state index contributed by atoms with van der Waals surface area (Å²) in [4.78, 5) is 14.1. The summed E-state index contributed by atoms with van der Waals surface area (Å²) in [5, 5.41) is 13.8. The minimum Gasteiger partial charge on any atom is -0.379 e. The number of aromatic nitrogens is 1. The van der Waals surface area contributed by atoms with Crippen molar-refractivity contribution >= 4 is 27.3 Å². The molecule has 0 spiro atoms. The second-order valence-electron chi connectivity index (χ2n) is 3.39. The van der Waals surface area contributed by atoms with Gasteiger partial charge in [-0.05, 0) is 22.4 Å². The summed E-state index contributed by atoms with van der Waals surface area (Å²) in [6, 6.07) is 0. The number of rotatable bonds is 8. The predicted molar refractivity (Wildman–Crippen MR) is 72.7 cm³/mol. The van der Waals surface area contributed by atoms with Gasteiger partial charge in [-0.3, -0.25) is 15.1 Å². The average molecular weight is 316 g/mol. The Morgan fingerprint density at radius 2 is 2.33 bits per heavy atom. The molecule has 0 saturated heterocycles. The molecule has 0 amide bonds. The molecule has 98 valence electrons. The summed E-state index contributed by atoms with van der Waals surface area (Å²) >= 11 is 3.23. The highest BCUT2D eigenvalue weighted by atomic mass is 79.9. The lowest BCUT2D eigenvalue weighted by molar-refractivity contribution is -0.384. The van der Waals surface area contributed by atoms with Gasteiger partial charge in [0, 0.05) is 12.7 Å². The van der Waals surface area contributed by atoms with E-state index >= 15 is 0 Å². The van der Waals surface area contributed by atoms with Crippen LogP contribution >= 0.6 is 15.9 Å². The van der Waals surface area contributed by atoms with Crippen LogP contribution in [0.3, 0.4) is 0 Å². The van der Waals surface area contributed by atoms with Crippen molar-refractivity contribution in [1.29, 1.82) is 0 Å². The Morgan fingerprint density at radius 1 is 1.56 bits per heavy atom. The predicted octanol–water partition coefficient (Wildman–Crippen LogP) is 2.76. The Hall–Kier alpha value is -1.47.